The van der Waals surface area contributed by atoms with Gasteiger partial charge in [-0.1, -0.05) is 13.8 Å². The predicted octanol–water partition coefficient (Wildman–Crippen LogP) is 3.97. The Morgan fingerprint density at radius 3 is 1.53 bits per heavy atom. The van der Waals surface area contributed by atoms with E-state index < -0.39 is 10.8 Å². The van der Waals surface area contributed by atoms with Gasteiger partial charge in [0.05, 0.1) is 47.0 Å². The Kier molecular flexibility index (Phi) is 6.26. The molecule has 3 heterocycles. The van der Waals surface area contributed by atoms with Crippen LogP contribution in [0.15, 0.2) is 34.1 Å². The van der Waals surface area contributed by atoms with Crippen LogP contribution < -0.4 is 18.9 Å². The second kappa shape index (κ2) is 9.29. The lowest BCUT2D eigenvalue weighted by atomic mass is 10.0. The summed E-state index contributed by atoms with van der Waals surface area (Å²) < 4.78 is 47.8. The highest BCUT2D eigenvalue weighted by atomic mass is 32.2. The van der Waals surface area contributed by atoms with Gasteiger partial charge in [0.1, 0.15) is 25.4 Å². The van der Waals surface area contributed by atoms with E-state index in [9.17, 15) is 4.21 Å². The molecule has 2 atom stereocenters. The van der Waals surface area contributed by atoms with E-state index in [0.29, 0.717) is 59.2 Å². The van der Waals surface area contributed by atoms with Gasteiger partial charge in [0, 0.05) is 23.3 Å². The minimum absolute atomic E-state index is 0.131. The number of hydrogen-bond donors (Lipinski definition) is 0. The zero-order valence-electron chi connectivity index (χ0n) is 18.4. The fourth-order valence-electron chi connectivity index (χ4n) is 3.50. The maximum Gasteiger partial charge on any atom is 0.162 e. The normalized spacial score (nSPS) is 22.1. The van der Waals surface area contributed by atoms with E-state index in [1.165, 1.54) is 0 Å². The molecular weight excluding hydrogens is 432 g/mol. The van der Waals surface area contributed by atoms with Crippen LogP contribution in [0, 0.1) is 0 Å². The molecule has 3 aliphatic rings. The van der Waals surface area contributed by atoms with Gasteiger partial charge in [0.2, 0.25) is 0 Å². The molecule has 5 rings (SSSR count). The fourth-order valence-corrected chi connectivity index (χ4v) is 4.90. The van der Waals surface area contributed by atoms with Crippen LogP contribution in [0.3, 0.4) is 0 Å². The Labute approximate surface area is 190 Å². The fraction of sp³-hybridized carbons (Fsp3) is 0.500. The third-order valence-electron chi connectivity index (χ3n) is 5.36. The first kappa shape index (κ1) is 21.6. The molecule has 7 nitrogen and oxygen atoms in total. The third-order valence-corrected chi connectivity index (χ3v) is 6.83. The Bertz CT molecular complexity index is 934. The van der Waals surface area contributed by atoms with Crippen LogP contribution in [-0.2, 0) is 20.3 Å². The molecule has 0 saturated carbocycles. The molecule has 2 aromatic rings. The van der Waals surface area contributed by atoms with E-state index in [1.807, 2.05) is 38.1 Å². The van der Waals surface area contributed by atoms with Gasteiger partial charge in [-0.15, -0.1) is 0 Å². The van der Waals surface area contributed by atoms with E-state index in [4.69, 9.17) is 28.4 Å². The van der Waals surface area contributed by atoms with Gasteiger partial charge >= 0.3 is 0 Å². The molecule has 2 unspecified atom stereocenters. The minimum Gasteiger partial charge on any atom is -0.490 e. The number of ether oxygens (including phenoxy) is 6. The molecule has 172 valence electrons. The molecule has 32 heavy (non-hydrogen) atoms. The highest BCUT2D eigenvalue weighted by molar-refractivity contribution is 7.85. The second-order valence-electron chi connectivity index (χ2n) is 8.09. The van der Waals surface area contributed by atoms with Crippen molar-refractivity contribution in [3.8, 4) is 34.1 Å². The average Bonchev–Trinajstić information content (AvgIpc) is 3.73. The highest BCUT2D eigenvalue weighted by Gasteiger charge is 2.32. The first-order valence-electron chi connectivity index (χ1n) is 11.2. The van der Waals surface area contributed by atoms with Crippen LogP contribution in [0.25, 0.3) is 11.1 Å². The molecule has 0 amide bonds. The van der Waals surface area contributed by atoms with Crippen LogP contribution in [0.4, 0.5) is 0 Å². The summed E-state index contributed by atoms with van der Waals surface area (Å²) in [7, 11) is -1.34. The Hall–Kier alpha value is -2.29. The van der Waals surface area contributed by atoms with Crippen molar-refractivity contribution in [3.05, 3.63) is 24.3 Å². The summed E-state index contributed by atoms with van der Waals surface area (Å²) in [6, 6.07) is 7.53. The summed E-state index contributed by atoms with van der Waals surface area (Å²) in [6.45, 7) is 7.59. The van der Waals surface area contributed by atoms with Crippen molar-refractivity contribution < 1.29 is 32.6 Å². The lowest BCUT2D eigenvalue weighted by Crippen LogP contribution is -2.07. The number of epoxide rings is 2. The van der Waals surface area contributed by atoms with Gasteiger partial charge in [-0.05, 0) is 25.0 Å². The van der Waals surface area contributed by atoms with Crippen molar-refractivity contribution in [2.75, 3.05) is 39.6 Å². The van der Waals surface area contributed by atoms with E-state index in [2.05, 4.69) is 0 Å². The zero-order valence-corrected chi connectivity index (χ0v) is 19.2. The van der Waals surface area contributed by atoms with Crippen molar-refractivity contribution in [2.24, 2.45) is 0 Å². The highest BCUT2D eigenvalue weighted by Crippen LogP contribution is 2.49. The summed E-state index contributed by atoms with van der Waals surface area (Å²) in [4.78, 5) is 1.43. The van der Waals surface area contributed by atoms with E-state index in [0.717, 1.165) is 37.2 Å². The van der Waals surface area contributed by atoms with E-state index in [1.54, 1.807) is 0 Å². The van der Waals surface area contributed by atoms with Crippen LogP contribution in [-0.4, -0.2) is 56.1 Å². The Morgan fingerprint density at radius 2 is 1.16 bits per heavy atom. The Balaban J connectivity index is 1.51. The largest absolute Gasteiger partial charge is 0.490 e. The second-order valence-corrected chi connectivity index (χ2v) is 9.51. The molecule has 2 aromatic carbocycles. The topological polar surface area (TPSA) is 79.1 Å². The lowest BCUT2D eigenvalue weighted by Gasteiger charge is -2.15. The molecule has 0 aromatic heterocycles. The van der Waals surface area contributed by atoms with Crippen molar-refractivity contribution in [1.29, 1.82) is 0 Å². The van der Waals surface area contributed by atoms with Gasteiger partial charge in [-0.3, -0.25) is 0 Å². The first-order valence-corrected chi connectivity index (χ1v) is 12.4. The van der Waals surface area contributed by atoms with Crippen LogP contribution >= 0.6 is 0 Å². The van der Waals surface area contributed by atoms with Crippen LogP contribution in [0.1, 0.15) is 26.7 Å². The number of benzene rings is 2. The number of rotatable bonds is 12. The molecule has 3 aliphatic heterocycles. The lowest BCUT2D eigenvalue weighted by molar-refractivity contribution is 0.241. The summed E-state index contributed by atoms with van der Waals surface area (Å²) in [6.07, 6.45) is 2.00. The quantitative estimate of drug-likeness (QED) is 0.379. The smallest absolute Gasteiger partial charge is 0.162 e. The van der Waals surface area contributed by atoms with Gasteiger partial charge in [0.15, 0.2) is 23.0 Å². The molecule has 2 saturated heterocycles. The van der Waals surface area contributed by atoms with Gasteiger partial charge in [-0.25, -0.2) is 4.21 Å². The van der Waals surface area contributed by atoms with E-state index >= 15 is 0 Å². The van der Waals surface area contributed by atoms with Gasteiger partial charge in [-0.2, -0.15) is 0 Å². The molecule has 0 N–H and O–H groups in total. The molecule has 0 bridgehead atoms. The maximum absolute atomic E-state index is 13.4. The minimum atomic E-state index is -1.34. The molecule has 0 radical (unpaired) electrons. The molecule has 2 fully saturated rings. The molecule has 0 spiro atoms. The summed E-state index contributed by atoms with van der Waals surface area (Å²) >= 11 is 0. The van der Waals surface area contributed by atoms with Crippen LogP contribution in [0.5, 0.6) is 23.0 Å². The van der Waals surface area contributed by atoms with Crippen molar-refractivity contribution >= 4 is 10.8 Å². The Morgan fingerprint density at radius 1 is 0.750 bits per heavy atom. The van der Waals surface area contributed by atoms with Crippen LogP contribution in [0.2, 0.25) is 0 Å². The number of hydrogen-bond acceptors (Lipinski definition) is 7. The SMILES string of the molecule is CCCOc1cc2c(cc1OCC1CO1)-c1cc(OCC3CO3)c(OCCC)cc1S2=O. The number of fused-ring (bicyclic) bond motifs is 3. The van der Waals surface area contributed by atoms with Crippen molar-refractivity contribution in [2.45, 2.75) is 48.7 Å². The molecular formula is C24H28O7S. The molecule has 8 heteroatoms. The van der Waals surface area contributed by atoms with E-state index in [-0.39, 0.29) is 12.2 Å². The summed E-state index contributed by atoms with van der Waals surface area (Å²) in [5.74, 6) is 2.49. The maximum atomic E-state index is 13.4. The van der Waals surface area contributed by atoms with Crippen molar-refractivity contribution in [1.82, 2.24) is 0 Å². The third kappa shape index (κ3) is 4.58. The summed E-state index contributed by atoms with van der Waals surface area (Å²) in [5.41, 5.74) is 1.73. The van der Waals surface area contributed by atoms with Gasteiger partial charge < -0.3 is 28.4 Å². The average molecular weight is 461 g/mol. The predicted molar refractivity (Wildman–Crippen MR) is 119 cm³/mol. The monoisotopic (exact) mass is 460 g/mol. The van der Waals surface area contributed by atoms with Crippen molar-refractivity contribution in [3.63, 3.8) is 0 Å². The summed E-state index contributed by atoms with van der Waals surface area (Å²) in [5, 5.41) is 0. The van der Waals surface area contributed by atoms with Gasteiger partial charge in [0.25, 0.3) is 0 Å². The first-order chi connectivity index (χ1) is 15.7. The standard InChI is InChI=1S/C24H28O7S/c1-3-5-26-21-9-23-17(7-19(21)30-13-15-11-28-15)18-8-20(31-14-16-12-29-16)22(27-6-4-2)10-24(18)32(23)25/h7-10,15-16H,3-6,11-14H2,1-2H3. The molecule has 0 aliphatic carbocycles. The zero-order chi connectivity index (χ0) is 22.1.